The molecule has 4 N–H and O–H groups in total. The zero-order valence-corrected chi connectivity index (χ0v) is 24.9. The summed E-state index contributed by atoms with van der Waals surface area (Å²) in [5.41, 5.74) is 4.17. The highest BCUT2D eigenvalue weighted by Gasteiger charge is 2.20. The fourth-order valence-corrected chi connectivity index (χ4v) is 3.90. The number of likely N-dealkylation sites (N-methyl/N-ethyl adjacent to an activating group) is 4. The first-order valence-electron chi connectivity index (χ1n) is 13.3. The molecule has 2 rings (SSSR count). The molecule has 0 aliphatic rings. The minimum atomic E-state index is -0.658. The molecule has 0 aliphatic heterocycles. The fourth-order valence-electron chi connectivity index (χ4n) is 3.90. The molecule has 2 aromatic carbocycles. The molecule has 10 heteroatoms. The van der Waals surface area contributed by atoms with Crippen LogP contribution in [-0.4, -0.2) is 147 Å². The van der Waals surface area contributed by atoms with Crippen LogP contribution in [0, 0.1) is 0 Å². The molecule has 0 aliphatic carbocycles. The van der Waals surface area contributed by atoms with E-state index in [9.17, 15) is 20.4 Å². The van der Waals surface area contributed by atoms with Gasteiger partial charge in [0.25, 0.3) is 0 Å². The number of aliphatic hydroxyl groups excluding tert-OH is 4. The van der Waals surface area contributed by atoms with Crippen molar-refractivity contribution in [1.29, 1.82) is 0 Å². The predicted octanol–water partition coefficient (Wildman–Crippen LogP) is 0.410. The van der Waals surface area contributed by atoms with Gasteiger partial charge in [-0.3, -0.25) is 19.6 Å². The van der Waals surface area contributed by atoms with Crippen LogP contribution < -0.4 is 9.80 Å². The normalized spacial score (nSPS) is 15.2. The third kappa shape index (κ3) is 10.7. The highest BCUT2D eigenvalue weighted by atomic mass is 16.3. The molecule has 4 atom stereocenters. The molecule has 0 radical (unpaired) electrons. The monoisotopic (exact) mass is 546 g/mol. The molecule has 4 unspecified atom stereocenters. The zero-order chi connectivity index (χ0) is 29.3. The van der Waals surface area contributed by atoms with Crippen LogP contribution in [0.3, 0.4) is 0 Å². The van der Waals surface area contributed by atoms with Crippen LogP contribution in [0.5, 0.6) is 0 Å². The highest BCUT2D eigenvalue weighted by Crippen LogP contribution is 2.21. The van der Waals surface area contributed by atoms with Gasteiger partial charge in [0.15, 0.2) is 0 Å². The Kier molecular flexibility index (Phi) is 13.1. The maximum absolute atomic E-state index is 10.4. The van der Waals surface area contributed by atoms with E-state index in [0.717, 1.165) is 28.9 Å². The molecule has 0 saturated carbocycles. The van der Waals surface area contributed by atoms with Gasteiger partial charge in [-0.2, -0.15) is 0 Å². The molecular formula is C29H50N6O4. The Morgan fingerprint density at radius 3 is 0.872 bits per heavy atom. The van der Waals surface area contributed by atoms with Crippen molar-refractivity contribution in [1.82, 2.24) is 19.6 Å². The summed E-state index contributed by atoms with van der Waals surface area (Å²) in [5.74, 6) is 0. The van der Waals surface area contributed by atoms with E-state index < -0.39 is 24.9 Å². The third-order valence-electron chi connectivity index (χ3n) is 6.93. The molecular weight excluding hydrogens is 496 g/mol. The van der Waals surface area contributed by atoms with Gasteiger partial charge in [-0.15, -0.1) is 0 Å². The number of hydrogen-bond donors (Lipinski definition) is 4. The molecule has 39 heavy (non-hydrogen) atoms. The average Bonchev–Trinajstić information content (AvgIpc) is 2.88. The molecule has 0 fully saturated rings. The van der Waals surface area contributed by atoms with E-state index in [1.807, 2.05) is 90.4 Å². The van der Waals surface area contributed by atoms with Gasteiger partial charge in [0.05, 0.1) is 26.2 Å². The van der Waals surface area contributed by atoms with Gasteiger partial charge in [0.2, 0.25) is 0 Å². The van der Waals surface area contributed by atoms with Crippen molar-refractivity contribution in [3.63, 3.8) is 0 Å². The minimum Gasteiger partial charge on any atom is -0.377 e. The van der Waals surface area contributed by atoms with E-state index in [1.54, 1.807) is 19.6 Å². The Morgan fingerprint density at radius 1 is 0.436 bits per heavy atom. The summed E-state index contributed by atoms with van der Waals surface area (Å²) in [6.07, 6.45) is -1.88. The Balaban J connectivity index is 2.15. The van der Waals surface area contributed by atoms with Crippen molar-refractivity contribution in [3.8, 4) is 0 Å². The number of aliphatic hydroxyl groups is 4. The van der Waals surface area contributed by atoms with Gasteiger partial charge in [-0.1, -0.05) is 24.3 Å². The Labute approximate surface area is 234 Å². The summed E-state index contributed by atoms with van der Waals surface area (Å²) in [5, 5.41) is 41.7. The molecule has 0 heterocycles. The smallest absolute Gasteiger partial charge is 0.124 e. The SMILES string of the molecule is CN(C)C(O)CN(CC(O)N(C)C)c1ccc(Cc2ccc(N(CC(O)N(C)C)CC(O)N(C)C)cc2)cc1. The van der Waals surface area contributed by atoms with Crippen LogP contribution in [-0.2, 0) is 6.42 Å². The van der Waals surface area contributed by atoms with Crippen molar-refractivity contribution in [2.24, 2.45) is 0 Å². The largest absolute Gasteiger partial charge is 0.377 e. The fraction of sp³-hybridized carbons (Fsp3) is 0.586. The van der Waals surface area contributed by atoms with E-state index in [2.05, 4.69) is 24.3 Å². The van der Waals surface area contributed by atoms with Crippen LogP contribution >= 0.6 is 0 Å². The lowest BCUT2D eigenvalue weighted by Gasteiger charge is -2.33. The van der Waals surface area contributed by atoms with E-state index in [4.69, 9.17) is 0 Å². The van der Waals surface area contributed by atoms with Crippen molar-refractivity contribution in [3.05, 3.63) is 59.7 Å². The van der Waals surface area contributed by atoms with E-state index >= 15 is 0 Å². The number of hydrogen-bond acceptors (Lipinski definition) is 10. The molecule has 0 aromatic heterocycles. The first kappa shape index (κ1) is 32.9. The number of nitrogens with zero attached hydrogens (tertiary/aromatic N) is 6. The molecule has 0 saturated heterocycles. The Morgan fingerprint density at radius 2 is 0.667 bits per heavy atom. The lowest BCUT2D eigenvalue weighted by atomic mass is 10.0. The molecule has 220 valence electrons. The summed E-state index contributed by atoms with van der Waals surface area (Å²) in [6, 6.07) is 16.4. The summed E-state index contributed by atoms with van der Waals surface area (Å²) < 4.78 is 0. The van der Waals surface area contributed by atoms with Gasteiger partial charge >= 0.3 is 0 Å². The van der Waals surface area contributed by atoms with Crippen LogP contribution in [0.2, 0.25) is 0 Å². The van der Waals surface area contributed by atoms with Gasteiger partial charge in [-0.25, -0.2) is 0 Å². The van der Waals surface area contributed by atoms with E-state index in [-0.39, 0.29) is 0 Å². The quantitative estimate of drug-likeness (QED) is 0.222. The van der Waals surface area contributed by atoms with Crippen molar-refractivity contribution in [2.75, 3.05) is 92.4 Å². The first-order valence-corrected chi connectivity index (χ1v) is 13.3. The van der Waals surface area contributed by atoms with Gasteiger partial charge in [-0.05, 0) is 98.2 Å². The highest BCUT2D eigenvalue weighted by molar-refractivity contribution is 5.50. The third-order valence-corrected chi connectivity index (χ3v) is 6.93. The molecule has 0 spiro atoms. The van der Waals surface area contributed by atoms with Crippen LogP contribution in [0.15, 0.2) is 48.5 Å². The standard InChI is InChI=1S/C29H50N6O4/c1-30(2)26(36)18-34(19-27(37)31(3)4)24-13-9-22(10-14-24)17-23-11-15-25(16-12-23)35(20-28(38)32(5)6)21-29(39)33(7)8/h9-16,26-29,36-39H,17-21H2,1-8H3. The van der Waals surface area contributed by atoms with Crippen LogP contribution in [0.4, 0.5) is 11.4 Å². The number of rotatable bonds is 16. The van der Waals surface area contributed by atoms with Crippen molar-refractivity contribution >= 4 is 11.4 Å². The van der Waals surface area contributed by atoms with E-state index in [0.29, 0.717) is 26.2 Å². The topological polar surface area (TPSA) is 100 Å². The second kappa shape index (κ2) is 15.5. The summed E-state index contributed by atoms with van der Waals surface area (Å²) in [4.78, 5) is 11.0. The summed E-state index contributed by atoms with van der Waals surface area (Å²) in [6.45, 7) is 1.50. The Bertz CT molecular complexity index is 846. The number of benzene rings is 2. The van der Waals surface area contributed by atoms with Crippen molar-refractivity contribution < 1.29 is 20.4 Å². The van der Waals surface area contributed by atoms with Gasteiger partial charge < -0.3 is 30.2 Å². The van der Waals surface area contributed by atoms with Crippen molar-refractivity contribution in [2.45, 2.75) is 31.3 Å². The lowest BCUT2D eigenvalue weighted by molar-refractivity contribution is 0.0287. The molecule has 0 amide bonds. The first-order chi connectivity index (χ1) is 18.3. The minimum absolute atomic E-state index is 0.375. The molecule has 10 nitrogen and oxygen atoms in total. The van der Waals surface area contributed by atoms with E-state index in [1.165, 1.54) is 0 Å². The average molecular weight is 547 g/mol. The van der Waals surface area contributed by atoms with Crippen LogP contribution in [0.1, 0.15) is 11.1 Å². The number of anilines is 2. The lowest BCUT2D eigenvalue weighted by Crippen LogP contribution is -2.46. The zero-order valence-electron chi connectivity index (χ0n) is 24.9. The second-order valence-corrected chi connectivity index (χ2v) is 11.1. The van der Waals surface area contributed by atoms with Gasteiger partial charge in [0.1, 0.15) is 24.9 Å². The summed E-state index contributed by atoms with van der Waals surface area (Å²) in [7, 11) is 14.6. The second-order valence-electron chi connectivity index (χ2n) is 11.1. The van der Waals surface area contributed by atoms with Gasteiger partial charge in [0, 0.05) is 11.4 Å². The maximum Gasteiger partial charge on any atom is 0.124 e. The summed E-state index contributed by atoms with van der Waals surface area (Å²) >= 11 is 0. The van der Waals surface area contributed by atoms with Crippen LogP contribution in [0.25, 0.3) is 0 Å². The molecule has 0 bridgehead atoms. The molecule has 2 aromatic rings. The Hall–Kier alpha value is -2.28. The maximum atomic E-state index is 10.4. The predicted molar refractivity (Wildman–Crippen MR) is 159 cm³/mol.